The maximum Gasteiger partial charge on any atom is 0.573 e. The van der Waals surface area contributed by atoms with E-state index in [0.29, 0.717) is 0 Å². The van der Waals surface area contributed by atoms with Gasteiger partial charge in [-0.2, -0.15) is 0 Å². The maximum absolute atomic E-state index is 12.6. The van der Waals surface area contributed by atoms with Gasteiger partial charge in [-0.25, -0.2) is 0 Å². The number of amides is 1. The standard InChI is InChI=1S/C18H23F3N2O2/c1-23(13-6-4-12(22)5-7-13)17(24)16-10-15(16)11-2-8-14(9-3-11)25-18(19,20)21/h2-3,8-9,12-13,15-16H,4-7,10,22H2,1H3/t12?,13?,15-,16-/m0/s1. The van der Waals surface area contributed by atoms with E-state index in [-0.39, 0.29) is 35.6 Å². The number of halogens is 3. The summed E-state index contributed by atoms with van der Waals surface area (Å²) in [7, 11) is 1.85. The number of hydrogen-bond donors (Lipinski definition) is 1. The van der Waals surface area contributed by atoms with Crippen molar-refractivity contribution in [3.05, 3.63) is 29.8 Å². The van der Waals surface area contributed by atoms with Crippen LogP contribution in [0.25, 0.3) is 0 Å². The van der Waals surface area contributed by atoms with Crippen LogP contribution in [0.3, 0.4) is 0 Å². The van der Waals surface area contributed by atoms with Gasteiger partial charge in [0.05, 0.1) is 0 Å². The van der Waals surface area contributed by atoms with Crippen LogP contribution >= 0.6 is 0 Å². The van der Waals surface area contributed by atoms with Gasteiger partial charge in [-0.05, 0) is 55.7 Å². The van der Waals surface area contributed by atoms with Crippen molar-refractivity contribution in [2.45, 2.75) is 56.5 Å². The molecule has 1 aromatic rings. The molecule has 4 nitrogen and oxygen atoms in total. The first kappa shape index (κ1) is 18.0. The SMILES string of the molecule is CN(C(=O)[C@H]1C[C@H]1c1ccc(OC(F)(F)F)cc1)C1CCC(N)CC1. The third-order valence-corrected chi connectivity index (χ3v) is 5.29. The Morgan fingerprint density at radius 3 is 2.32 bits per heavy atom. The van der Waals surface area contributed by atoms with Gasteiger partial charge in [-0.3, -0.25) is 4.79 Å². The molecule has 2 aliphatic carbocycles. The van der Waals surface area contributed by atoms with Gasteiger partial charge < -0.3 is 15.4 Å². The van der Waals surface area contributed by atoms with Crippen molar-refractivity contribution in [1.82, 2.24) is 4.90 Å². The highest BCUT2D eigenvalue weighted by molar-refractivity contribution is 5.83. The fourth-order valence-corrected chi connectivity index (χ4v) is 3.68. The Balaban J connectivity index is 1.55. The first-order valence-electron chi connectivity index (χ1n) is 8.62. The molecule has 0 heterocycles. The number of carbonyl (C=O) groups excluding carboxylic acids is 1. The molecule has 0 unspecified atom stereocenters. The second-order valence-corrected chi connectivity index (χ2v) is 7.08. The average Bonchev–Trinajstić information content (AvgIpc) is 3.34. The van der Waals surface area contributed by atoms with E-state index < -0.39 is 6.36 Å². The highest BCUT2D eigenvalue weighted by atomic mass is 19.4. The van der Waals surface area contributed by atoms with Crippen molar-refractivity contribution in [3.63, 3.8) is 0 Å². The van der Waals surface area contributed by atoms with Gasteiger partial charge >= 0.3 is 6.36 Å². The van der Waals surface area contributed by atoms with Crippen LogP contribution in [0.5, 0.6) is 5.75 Å². The van der Waals surface area contributed by atoms with Crippen molar-refractivity contribution >= 4 is 5.91 Å². The van der Waals surface area contributed by atoms with Gasteiger partial charge in [-0.1, -0.05) is 12.1 Å². The number of carbonyl (C=O) groups is 1. The smallest absolute Gasteiger partial charge is 0.406 e. The summed E-state index contributed by atoms with van der Waals surface area (Å²) in [5.41, 5.74) is 6.79. The average molecular weight is 356 g/mol. The molecule has 2 N–H and O–H groups in total. The molecule has 0 bridgehead atoms. The van der Waals surface area contributed by atoms with Gasteiger partial charge in [0.1, 0.15) is 5.75 Å². The fraction of sp³-hybridized carbons (Fsp3) is 0.611. The Kier molecular flexibility index (Phi) is 4.95. The van der Waals surface area contributed by atoms with Gasteiger partial charge in [0, 0.05) is 25.0 Å². The number of rotatable bonds is 4. The number of alkyl halides is 3. The predicted octanol–water partition coefficient (Wildman–Crippen LogP) is 3.42. The Hall–Kier alpha value is -1.76. The van der Waals surface area contributed by atoms with Gasteiger partial charge in [0.25, 0.3) is 0 Å². The molecule has 7 heteroatoms. The van der Waals surface area contributed by atoms with Crippen LogP contribution in [0.15, 0.2) is 24.3 Å². The van der Waals surface area contributed by atoms with Crippen molar-refractivity contribution < 1.29 is 22.7 Å². The van der Waals surface area contributed by atoms with Gasteiger partial charge in [0.2, 0.25) is 5.91 Å². The van der Waals surface area contributed by atoms with Crippen molar-refractivity contribution in [1.29, 1.82) is 0 Å². The van der Waals surface area contributed by atoms with Crippen LogP contribution in [0, 0.1) is 5.92 Å². The topological polar surface area (TPSA) is 55.6 Å². The largest absolute Gasteiger partial charge is 0.573 e. The molecule has 138 valence electrons. The van der Waals surface area contributed by atoms with E-state index in [4.69, 9.17) is 5.73 Å². The van der Waals surface area contributed by atoms with Crippen molar-refractivity contribution in [2.24, 2.45) is 11.7 Å². The third kappa shape index (κ3) is 4.45. The molecule has 1 amide bonds. The predicted molar refractivity (Wildman–Crippen MR) is 87.0 cm³/mol. The van der Waals surface area contributed by atoms with E-state index in [1.54, 1.807) is 12.1 Å². The molecule has 2 fully saturated rings. The summed E-state index contributed by atoms with van der Waals surface area (Å²) in [5.74, 6) is -0.104. The van der Waals surface area contributed by atoms with Gasteiger partial charge in [-0.15, -0.1) is 13.2 Å². The lowest BCUT2D eigenvalue weighted by molar-refractivity contribution is -0.274. The minimum absolute atomic E-state index is 0.0741. The lowest BCUT2D eigenvalue weighted by Crippen LogP contribution is -2.42. The molecule has 25 heavy (non-hydrogen) atoms. The Morgan fingerprint density at radius 2 is 1.76 bits per heavy atom. The molecule has 2 aliphatic rings. The summed E-state index contributed by atoms with van der Waals surface area (Å²) in [5, 5.41) is 0. The van der Waals surface area contributed by atoms with E-state index in [2.05, 4.69) is 4.74 Å². The quantitative estimate of drug-likeness (QED) is 0.899. The number of nitrogens with zero attached hydrogens (tertiary/aromatic N) is 1. The summed E-state index contributed by atoms with van der Waals surface area (Å²) in [6.45, 7) is 0. The molecule has 0 radical (unpaired) electrons. The zero-order valence-electron chi connectivity index (χ0n) is 14.1. The highest BCUT2D eigenvalue weighted by Gasteiger charge is 2.46. The number of ether oxygens (including phenoxy) is 1. The number of nitrogens with two attached hydrogens (primary N) is 1. The normalized spacial score (nSPS) is 29.2. The molecule has 2 saturated carbocycles. The summed E-state index contributed by atoms with van der Waals surface area (Å²) in [6.07, 6.45) is -0.192. The van der Waals surface area contributed by atoms with Crippen molar-refractivity contribution in [2.75, 3.05) is 7.05 Å². The summed E-state index contributed by atoms with van der Waals surface area (Å²) in [6, 6.07) is 6.31. The summed E-state index contributed by atoms with van der Waals surface area (Å²) >= 11 is 0. The zero-order valence-corrected chi connectivity index (χ0v) is 14.1. The van der Waals surface area contributed by atoms with Crippen LogP contribution in [-0.2, 0) is 4.79 Å². The van der Waals surface area contributed by atoms with E-state index in [0.717, 1.165) is 37.7 Å². The number of benzene rings is 1. The molecular formula is C18H23F3N2O2. The van der Waals surface area contributed by atoms with E-state index >= 15 is 0 Å². The van der Waals surface area contributed by atoms with Crippen LogP contribution in [-0.4, -0.2) is 36.3 Å². The third-order valence-electron chi connectivity index (χ3n) is 5.29. The summed E-state index contributed by atoms with van der Waals surface area (Å²) < 4.78 is 40.4. The molecular weight excluding hydrogens is 333 g/mol. The monoisotopic (exact) mass is 356 g/mol. The lowest BCUT2D eigenvalue weighted by atomic mass is 9.91. The zero-order chi connectivity index (χ0) is 18.2. The molecule has 0 aliphatic heterocycles. The van der Waals surface area contributed by atoms with Crippen LogP contribution in [0.1, 0.15) is 43.6 Å². The van der Waals surface area contributed by atoms with Gasteiger partial charge in [0.15, 0.2) is 0 Å². The second kappa shape index (κ2) is 6.86. The molecule has 2 atom stereocenters. The van der Waals surface area contributed by atoms with E-state index in [1.165, 1.54) is 12.1 Å². The second-order valence-electron chi connectivity index (χ2n) is 7.08. The van der Waals surface area contributed by atoms with Crippen LogP contribution < -0.4 is 10.5 Å². The summed E-state index contributed by atoms with van der Waals surface area (Å²) in [4.78, 5) is 14.5. The molecule has 0 saturated heterocycles. The van der Waals surface area contributed by atoms with Crippen molar-refractivity contribution in [3.8, 4) is 5.75 Å². The maximum atomic E-state index is 12.6. The van der Waals surface area contributed by atoms with Crippen LogP contribution in [0.4, 0.5) is 13.2 Å². The fourth-order valence-electron chi connectivity index (χ4n) is 3.68. The first-order chi connectivity index (χ1) is 11.7. The first-order valence-corrected chi connectivity index (χ1v) is 8.62. The van der Waals surface area contributed by atoms with Crippen LogP contribution in [0.2, 0.25) is 0 Å². The van der Waals surface area contributed by atoms with E-state index in [1.807, 2.05) is 11.9 Å². The Morgan fingerprint density at radius 1 is 1.16 bits per heavy atom. The Labute approximate surface area is 145 Å². The molecule has 1 aromatic carbocycles. The Bertz CT molecular complexity index is 610. The minimum Gasteiger partial charge on any atom is -0.406 e. The highest BCUT2D eigenvalue weighted by Crippen LogP contribution is 2.49. The minimum atomic E-state index is -4.69. The number of hydrogen-bond acceptors (Lipinski definition) is 3. The molecule has 3 rings (SSSR count). The van der Waals surface area contributed by atoms with E-state index in [9.17, 15) is 18.0 Å². The molecule has 0 aromatic heterocycles. The molecule has 0 spiro atoms. The lowest BCUT2D eigenvalue weighted by Gasteiger charge is -2.33.